The maximum absolute atomic E-state index is 6.72. The van der Waals surface area contributed by atoms with Crippen LogP contribution in [0.25, 0.3) is 82.5 Å². The predicted molar refractivity (Wildman–Crippen MR) is 190 cm³/mol. The third kappa shape index (κ3) is 2.98. The molecule has 0 saturated heterocycles. The average molecular weight is 588 g/mol. The lowest BCUT2D eigenvalue weighted by Crippen LogP contribution is -2.04. The molecule has 0 radical (unpaired) electrons. The number of aromatic nitrogens is 3. The van der Waals surface area contributed by atoms with Gasteiger partial charge in [-0.3, -0.25) is 0 Å². The van der Waals surface area contributed by atoms with Gasteiger partial charge in [-0.25, -0.2) is 0 Å². The summed E-state index contributed by atoms with van der Waals surface area (Å²) in [6.07, 6.45) is 0. The first-order valence-electron chi connectivity index (χ1n) is 15.7. The number of para-hydroxylation sites is 6. The van der Waals surface area contributed by atoms with Crippen molar-refractivity contribution in [1.82, 2.24) is 13.7 Å². The van der Waals surface area contributed by atoms with Crippen molar-refractivity contribution < 1.29 is 4.74 Å². The molecule has 0 N–H and O–H groups in total. The van der Waals surface area contributed by atoms with Gasteiger partial charge in [0, 0.05) is 49.8 Å². The van der Waals surface area contributed by atoms with E-state index in [2.05, 4.69) is 159 Å². The smallest absolute Gasteiger partial charge is 0.154 e. The minimum atomic E-state index is 0.870. The van der Waals surface area contributed by atoms with E-state index in [0.29, 0.717) is 0 Å². The molecule has 0 amide bonds. The van der Waals surface area contributed by atoms with E-state index in [1.807, 2.05) is 6.07 Å². The van der Waals surface area contributed by atoms with E-state index in [0.717, 1.165) is 39.6 Å². The molecule has 0 atom stereocenters. The normalized spacial score (nSPS) is 12.5. The molecular formula is C42H25N3O. The van der Waals surface area contributed by atoms with Gasteiger partial charge in [0.25, 0.3) is 0 Å². The van der Waals surface area contributed by atoms with Crippen LogP contribution in [0, 0.1) is 0 Å². The molecule has 214 valence electrons. The zero-order chi connectivity index (χ0) is 29.9. The third-order valence-electron chi connectivity index (χ3n) is 9.79. The van der Waals surface area contributed by atoms with Crippen LogP contribution in [0.4, 0.5) is 0 Å². The monoisotopic (exact) mass is 587 g/mol. The van der Waals surface area contributed by atoms with Crippen LogP contribution < -0.4 is 4.74 Å². The number of nitrogens with zero attached hydrogens (tertiary/aromatic N) is 3. The molecular weight excluding hydrogens is 562 g/mol. The van der Waals surface area contributed by atoms with E-state index in [1.165, 1.54) is 54.4 Å². The Hall–Kier alpha value is -6.26. The van der Waals surface area contributed by atoms with Crippen LogP contribution in [0.5, 0.6) is 11.5 Å². The molecule has 4 nitrogen and oxygen atoms in total. The highest BCUT2D eigenvalue weighted by Crippen LogP contribution is 2.50. The highest BCUT2D eigenvalue weighted by molar-refractivity contribution is 6.30. The van der Waals surface area contributed by atoms with Crippen molar-refractivity contribution in [3.05, 3.63) is 152 Å². The Labute approximate surface area is 263 Å². The molecule has 0 saturated carbocycles. The summed E-state index contributed by atoms with van der Waals surface area (Å²) in [4.78, 5) is 0. The number of rotatable bonds is 2. The summed E-state index contributed by atoms with van der Waals surface area (Å²) < 4.78 is 13.9. The van der Waals surface area contributed by atoms with Gasteiger partial charge in [-0.05, 0) is 60.7 Å². The quantitative estimate of drug-likeness (QED) is 0.197. The maximum atomic E-state index is 6.72. The minimum absolute atomic E-state index is 0.870. The Morgan fingerprint density at radius 3 is 1.74 bits per heavy atom. The highest BCUT2D eigenvalue weighted by atomic mass is 16.5. The molecule has 10 aromatic rings. The molecule has 0 bridgehead atoms. The van der Waals surface area contributed by atoms with Crippen LogP contribution in [-0.4, -0.2) is 13.7 Å². The van der Waals surface area contributed by atoms with Gasteiger partial charge in [-0.1, -0.05) is 84.9 Å². The Bertz CT molecular complexity index is 2890. The van der Waals surface area contributed by atoms with E-state index >= 15 is 0 Å². The van der Waals surface area contributed by atoms with E-state index in [-0.39, 0.29) is 0 Å². The van der Waals surface area contributed by atoms with Crippen LogP contribution >= 0.6 is 0 Å². The zero-order valence-electron chi connectivity index (χ0n) is 24.7. The second-order valence-electron chi connectivity index (χ2n) is 12.2. The van der Waals surface area contributed by atoms with Gasteiger partial charge >= 0.3 is 0 Å². The molecule has 4 heteroatoms. The zero-order valence-corrected chi connectivity index (χ0v) is 24.7. The van der Waals surface area contributed by atoms with Gasteiger partial charge in [0.15, 0.2) is 11.5 Å². The van der Waals surface area contributed by atoms with Crippen LogP contribution in [-0.2, 0) is 0 Å². The highest BCUT2D eigenvalue weighted by Gasteiger charge is 2.28. The van der Waals surface area contributed by atoms with Gasteiger partial charge in [0.2, 0.25) is 0 Å². The van der Waals surface area contributed by atoms with Crippen LogP contribution in [0.3, 0.4) is 0 Å². The summed E-state index contributed by atoms with van der Waals surface area (Å²) in [6.45, 7) is 0. The molecule has 7 aromatic carbocycles. The van der Waals surface area contributed by atoms with Crippen molar-refractivity contribution in [2.45, 2.75) is 0 Å². The number of ether oxygens (including phenoxy) is 1. The SMILES string of the molecule is c1ccc(-n2c3ccccc3c3cc(-n4c5ccccc5c5c6c7ccccc7n7c6c(cc54)Oc4ccccc4-7)ccc32)cc1. The summed E-state index contributed by atoms with van der Waals surface area (Å²) >= 11 is 0. The summed E-state index contributed by atoms with van der Waals surface area (Å²) in [5, 5.41) is 7.41. The molecule has 0 aliphatic carbocycles. The number of hydrogen-bond acceptors (Lipinski definition) is 1. The Kier molecular flexibility index (Phi) is 4.55. The van der Waals surface area contributed by atoms with Gasteiger partial charge in [-0.15, -0.1) is 0 Å². The fourth-order valence-corrected chi connectivity index (χ4v) is 7.99. The van der Waals surface area contributed by atoms with E-state index in [1.54, 1.807) is 0 Å². The summed E-state index contributed by atoms with van der Waals surface area (Å²) in [7, 11) is 0. The molecule has 0 spiro atoms. The Morgan fingerprint density at radius 1 is 0.348 bits per heavy atom. The summed E-state index contributed by atoms with van der Waals surface area (Å²) in [5.74, 6) is 1.75. The average Bonchev–Trinajstić information content (AvgIpc) is 3.75. The molecule has 46 heavy (non-hydrogen) atoms. The first-order chi connectivity index (χ1) is 22.8. The standard InChI is InChI=1S/C42H25N3O/c1-2-12-26(13-3-1)43-32-17-7-4-14-28(32)31-24-27(22-23-35(31)43)44-33-18-8-5-15-29(33)40-37(44)25-39-42-41(40)30-16-6-9-19-34(30)45(42)36-20-10-11-21-38(36)46-39/h1-25H. The largest absolute Gasteiger partial charge is 0.453 e. The molecule has 0 unspecified atom stereocenters. The number of hydrogen-bond donors (Lipinski definition) is 0. The van der Waals surface area contributed by atoms with Crippen LogP contribution in [0.2, 0.25) is 0 Å². The molecule has 4 heterocycles. The second kappa shape index (κ2) is 8.68. The lowest BCUT2D eigenvalue weighted by atomic mass is 10.0. The van der Waals surface area contributed by atoms with Crippen molar-refractivity contribution in [2.75, 3.05) is 0 Å². The second-order valence-corrected chi connectivity index (χ2v) is 12.2. The Balaban J connectivity index is 1.29. The number of fused-ring (bicyclic) bond motifs is 12. The minimum Gasteiger partial charge on any atom is -0.453 e. The summed E-state index contributed by atoms with van der Waals surface area (Å²) in [6, 6.07) is 54.4. The third-order valence-corrected chi connectivity index (χ3v) is 9.79. The van der Waals surface area contributed by atoms with E-state index in [9.17, 15) is 0 Å². The molecule has 11 rings (SSSR count). The van der Waals surface area contributed by atoms with Crippen molar-refractivity contribution >= 4 is 65.4 Å². The molecule has 1 aliphatic heterocycles. The Morgan fingerprint density at radius 2 is 0.935 bits per heavy atom. The van der Waals surface area contributed by atoms with Crippen molar-refractivity contribution in [3.8, 4) is 28.6 Å². The van der Waals surface area contributed by atoms with Gasteiger partial charge < -0.3 is 18.4 Å². The van der Waals surface area contributed by atoms with Crippen molar-refractivity contribution in [2.24, 2.45) is 0 Å². The molecule has 0 fully saturated rings. The lowest BCUT2D eigenvalue weighted by Gasteiger charge is -2.21. The first-order valence-corrected chi connectivity index (χ1v) is 15.7. The fourth-order valence-electron chi connectivity index (χ4n) is 7.99. The molecule has 1 aliphatic rings. The lowest BCUT2D eigenvalue weighted by molar-refractivity contribution is 0.477. The van der Waals surface area contributed by atoms with E-state index < -0.39 is 0 Å². The van der Waals surface area contributed by atoms with Crippen molar-refractivity contribution in [1.29, 1.82) is 0 Å². The number of benzene rings is 7. The molecule has 3 aromatic heterocycles. The topological polar surface area (TPSA) is 24.0 Å². The summed E-state index contributed by atoms with van der Waals surface area (Å²) in [5.41, 5.74) is 10.4. The fraction of sp³-hybridized carbons (Fsp3) is 0. The maximum Gasteiger partial charge on any atom is 0.154 e. The van der Waals surface area contributed by atoms with Crippen molar-refractivity contribution in [3.63, 3.8) is 0 Å². The predicted octanol–water partition coefficient (Wildman–Crippen LogP) is 11.1. The van der Waals surface area contributed by atoms with Crippen LogP contribution in [0.1, 0.15) is 0 Å². The van der Waals surface area contributed by atoms with E-state index in [4.69, 9.17) is 4.74 Å². The first kappa shape index (κ1) is 24.1. The van der Waals surface area contributed by atoms with Gasteiger partial charge in [0.1, 0.15) is 0 Å². The van der Waals surface area contributed by atoms with Gasteiger partial charge in [-0.2, -0.15) is 0 Å². The van der Waals surface area contributed by atoms with Gasteiger partial charge in [0.05, 0.1) is 38.8 Å². The van der Waals surface area contributed by atoms with Crippen LogP contribution in [0.15, 0.2) is 152 Å².